The maximum Gasteiger partial charge on any atom is 0.326 e. The SMILES string of the molecule is CN(C(=O)Nc1ccc(Oc2ccccc2)cc1)c1ccc(C(=O)NCCCN2CCOCC2)cc1. The number of morpholine rings is 1. The van der Waals surface area contributed by atoms with Gasteiger partial charge in [0.25, 0.3) is 5.91 Å². The predicted octanol–water partition coefficient (Wildman–Crippen LogP) is 4.60. The van der Waals surface area contributed by atoms with Crippen molar-refractivity contribution in [2.24, 2.45) is 0 Å². The Balaban J connectivity index is 1.22. The molecule has 8 heteroatoms. The van der Waals surface area contributed by atoms with E-state index in [-0.39, 0.29) is 11.9 Å². The molecule has 1 heterocycles. The summed E-state index contributed by atoms with van der Waals surface area (Å²) in [6.45, 7) is 5.03. The van der Waals surface area contributed by atoms with Gasteiger partial charge < -0.3 is 20.1 Å². The second kappa shape index (κ2) is 12.7. The third-order valence-electron chi connectivity index (χ3n) is 5.95. The van der Waals surface area contributed by atoms with Crippen LogP contribution in [0.3, 0.4) is 0 Å². The summed E-state index contributed by atoms with van der Waals surface area (Å²) in [7, 11) is 1.68. The van der Waals surface area contributed by atoms with Crippen molar-refractivity contribution in [3.8, 4) is 11.5 Å². The van der Waals surface area contributed by atoms with Crippen molar-refractivity contribution < 1.29 is 19.1 Å². The number of hydrogen-bond acceptors (Lipinski definition) is 5. The molecule has 8 nitrogen and oxygen atoms in total. The van der Waals surface area contributed by atoms with Crippen molar-refractivity contribution >= 4 is 23.3 Å². The summed E-state index contributed by atoms with van der Waals surface area (Å²) in [5.41, 5.74) is 1.90. The molecular formula is C28H32N4O4. The van der Waals surface area contributed by atoms with Crippen molar-refractivity contribution in [1.82, 2.24) is 10.2 Å². The standard InChI is InChI=1S/C28H32N4O4/c1-31(28(34)30-23-10-14-26(15-11-23)36-25-6-3-2-4-7-25)24-12-8-22(9-13-24)27(33)29-16-5-17-32-18-20-35-21-19-32/h2-4,6-15H,5,16-21H2,1H3,(H,29,33)(H,30,34). The zero-order chi connectivity index (χ0) is 25.2. The minimum absolute atomic E-state index is 0.117. The molecule has 0 unspecified atom stereocenters. The fourth-order valence-corrected chi connectivity index (χ4v) is 3.82. The first-order valence-electron chi connectivity index (χ1n) is 12.1. The van der Waals surface area contributed by atoms with Crippen LogP contribution >= 0.6 is 0 Å². The molecule has 2 N–H and O–H groups in total. The summed E-state index contributed by atoms with van der Waals surface area (Å²) >= 11 is 0. The van der Waals surface area contributed by atoms with E-state index in [0.29, 0.717) is 29.2 Å². The predicted molar refractivity (Wildman–Crippen MR) is 141 cm³/mol. The highest BCUT2D eigenvalue weighted by Gasteiger charge is 2.13. The highest BCUT2D eigenvalue weighted by Crippen LogP contribution is 2.23. The van der Waals surface area contributed by atoms with Crippen LogP contribution in [0.2, 0.25) is 0 Å². The second-order valence-electron chi connectivity index (χ2n) is 8.54. The molecule has 0 aromatic heterocycles. The Bertz CT molecular complexity index is 1110. The van der Waals surface area contributed by atoms with Crippen LogP contribution in [0.25, 0.3) is 0 Å². The molecule has 3 aromatic carbocycles. The summed E-state index contributed by atoms with van der Waals surface area (Å²) in [5.74, 6) is 1.31. The van der Waals surface area contributed by atoms with Crippen molar-refractivity contribution in [2.75, 3.05) is 56.7 Å². The maximum atomic E-state index is 12.7. The third kappa shape index (κ3) is 7.31. The van der Waals surface area contributed by atoms with E-state index in [1.807, 2.05) is 30.3 Å². The van der Waals surface area contributed by atoms with Gasteiger partial charge in [0.2, 0.25) is 0 Å². The molecule has 0 spiro atoms. The van der Waals surface area contributed by atoms with Gasteiger partial charge in [0, 0.05) is 43.6 Å². The fraction of sp³-hybridized carbons (Fsp3) is 0.286. The molecule has 1 saturated heterocycles. The van der Waals surface area contributed by atoms with Crippen LogP contribution in [0.5, 0.6) is 11.5 Å². The highest BCUT2D eigenvalue weighted by molar-refractivity contribution is 6.02. The molecule has 4 rings (SSSR count). The minimum Gasteiger partial charge on any atom is -0.457 e. The zero-order valence-electron chi connectivity index (χ0n) is 20.5. The van der Waals surface area contributed by atoms with Gasteiger partial charge in [0.15, 0.2) is 0 Å². The lowest BCUT2D eigenvalue weighted by Crippen LogP contribution is -2.38. The van der Waals surface area contributed by atoms with Crippen molar-refractivity contribution in [2.45, 2.75) is 6.42 Å². The lowest BCUT2D eigenvalue weighted by molar-refractivity contribution is 0.0374. The van der Waals surface area contributed by atoms with Gasteiger partial charge in [-0.3, -0.25) is 14.6 Å². The average molecular weight is 489 g/mol. The molecule has 1 aliphatic heterocycles. The first kappa shape index (κ1) is 25.2. The van der Waals surface area contributed by atoms with Gasteiger partial charge >= 0.3 is 6.03 Å². The topological polar surface area (TPSA) is 83.1 Å². The Morgan fingerprint density at radius 3 is 2.28 bits per heavy atom. The number of benzene rings is 3. The van der Waals surface area contributed by atoms with Crippen molar-refractivity contribution in [3.05, 3.63) is 84.4 Å². The molecule has 0 saturated carbocycles. The second-order valence-corrected chi connectivity index (χ2v) is 8.54. The van der Waals surface area contributed by atoms with E-state index in [2.05, 4.69) is 15.5 Å². The normalized spacial score (nSPS) is 13.6. The van der Waals surface area contributed by atoms with E-state index in [0.717, 1.165) is 45.0 Å². The Hall–Kier alpha value is -3.88. The van der Waals surface area contributed by atoms with E-state index in [9.17, 15) is 9.59 Å². The van der Waals surface area contributed by atoms with E-state index < -0.39 is 0 Å². The Morgan fingerprint density at radius 1 is 0.917 bits per heavy atom. The lowest BCUT2D eigenvalue weighted by atomic mass is 10.2. The molecular weight excluding hydrogens is 456 g/mol. The number of carbonyl (C=O) groups is 2. The van der Waals surface area contributed by atoms with Crippen LogP contribution in [-0.4, -0.2) is 63.3 Å². The van der Waals surface area contributed by atoms with Gasteiger partial charge in [-0.15, -0.1) is 0 Å². The van der Waals surface area contributed by atoms with Gasteiger partial charge in [-0.1, -0.05) is 18.2 Å². The number of amides is 3. The van der Waals surface area contributed by atoms with Crippen LogP contribution in [0.4, 0.5) is 16.2 Å². The van der Waals surface area contributed by atoms with Crippen LogP contribution in [0, 0.1) is 0 Å². The molecule has 3 amide bonds. The number of rotatable bonds is 9. The smallest absolute Gasteiger partial charge is 0.326 e. The lowest BCUT2D eigenvalue weighted by Gasteiger charge is -2.26. The molecule has 3 aromatic rings. The summed E-state index contributed by atoms with van der Waals surface area (Å²) in [4.78, 5) is 29.0. The number of ether oxygens (including phenoxy) is 2. The molecule has 0 aliphatic carbocycles. The molecule has 1 aliphatic rings. The first-order valence-corrected chi connectivity index (χ1v) is 12.1. The first-order chi connectivity index (χ1) is 17.6. The summed E-state index contributed by atoms with van der Waals surface area (Å²) in [6.07, 6.45) is 0.895. The number of nitrogens with zero attached hydrogens (tertiary/aromatic N) is 2. The zero-order valence-corrected chi connectivity index (χ0v) is 20.5. The number of anilines is 2. The quantitative estimate of drug-likeness (QED) is 0.430. The Kier molecular flexibility index (Phi) is 8.91. The summed E-state index contributed by atoms with van der Waals surface area (Å²) < 4.78 is 11.1. The van der Waals surface area contributed by atoms with Gasteiger partial charge in [-0.05, 0) is 73.6 Å². The third-order valence-corrected chi connectivity index (χ3v) is 5.95. The molecule has 0 radical (unpaired) electrons. The van der Waals surface area contributed by atoms with E-state index in [1.165, 1.54) is 4.90 Å². The molecule has 0 bridgehead atoms. The molecule has 0 atom stereocenters. The minimum atomic E-state index is -0.285. The molecule has 1 fully saturated rings. The summed E-state index contributed by atoms with van der Waals surface area (Å²) in [5, 5.41) is 5.83. The van der Waals surface area contributed by atoms with E-state index >= 15 is 0 Å². The average Bonchev–Trinajstić information content (AvgIpc) is 2.93. The largest absolute Gasteiger partial charge is 0.457 e. The van der Waals surface area contributed by atoms with E-state index in [4.69, 9.17) is 9.47 Å². The molecule has 188 valence electrons. The fourth-order valence-electron chi connectivity index (χ4n) is 3.82. The highest BCUT2D eigenvalue weighted by atomic mass is 16.5. The van der Waals surface area contributed by atoms with Gasteiger partial charge in [-0.25, -0.2) is 4.79 Å². The Labute approximate surface area is 211 Å². The van der Waals surface area contributed by atoms with E-state index in [1.54, 1.807) is 55.6 Å². The monoisotopic (exact) mass is 488 g/mol. The van der Waals surface area contributed by atoms with Crippen LogP contribution in [-0.2, 0) is 4.74 Å². The van der Waals surface area contributed by atoms with Gasteiger partial charge in [0.1, 0.15) is 11.5 Å². The number of carbonyl (C=O) groups excluding carboxylic acids is 2. The van der Waals surface area contributed by atoms with Crippen molar-refractivity contribution in [3.63, 3.8) is 0 Å². The number of nitrogens with one attached hydrogen (secondary N) is 2. The van der Waals surface area contributed by atoms with Crippen LogP contribution < -0.4 is 20.3 Å². The maximum absolute atomic E-state index is 12.7. The Morgan fingerprint density at radius 2 is 1.58 bits per heavy atom. The van der Waals surface area contributed by atoms with Crippen molar-refractivity contribution in [1.29, 1.82) is 0 Å². The summed E-state index contributed by atoms with van der Waals surface area (Å²) in [6, 6.07) is 23.4. The van der Waals surface area contributed by atoms with Crippen LogP contribution in [0.1, 0.15) is 16.8 Å². The number of hydrogen-bond donors (Lipinski definition) is 2. The molecule has 36 heavy (non-hydrogen) atoms. The van der Waals surface area contributed by atoms with Gasteiger partial charge in [0.05, 0.1) is 13.2 Å². The number of urea groups is 1. The van der Waals surface area contributed by atoms with Gasteiger partial charge in [-0.2, -0.15) is 0 Å². The van der Waals surface area contributed by atoms with Crippen LogP contribution in [0.15, 0.2) is 78.9 Å². The number of para-hydroxylation sites is 1.